The molecule has 4 rings (SSSR count). The molecule has 2 aromatic heterocycles. The SMILES string of the molecule is O=c1[nH][nH]c2cc(NC3CCCC(Nc4nccnn4)C3)ccc12. The summed E-state index contributed by atoms with van der Waals surface area (Å²) in [7, 11) is 0. The highest BCUT2D eigenvalue weighted by molar-refractivity contribution is 5.81. The quantitative estimate of drug-likeness (QED) is 0.583. The van der Waals surface area contributed by atoms with E-state index in [9.17, 15) is 4.79 Å². The first-order valence-electron chi connectivity index (χ1n) is 8.15. The van der Waals surface area contributed by atoms with Gasteiger partial charge in [0.25, 0.3) is 5.56 Å². The molecular weight excluding hydrogens is 306 g/mol. The lowest BCUT2D eigenvalue weighted by molar-refractivity contribution is 0.426. The Morgan fingerprint density at radius 3 is 2.79 bits per heavy atom. The first kappa shape index (κ1) is 14.7. The molecule has 0 radical (unpaired) electrons. The Balaban J connectivity index is 1.42. The summed E-state index contributed by atoms with van der Waals surface area (Å²) in [5.74, 6) is 0.578. The Kier molecular flexibility index (Phi) is 3.86. The molecular formula is C16H19N7O. The molecule has 0 saturated heterocycles. The van der Waals surface area contributed by atoms with Crippen molar-refractivity contribution in [1.29, 1.82) is 0 Å². The third-order valence-corrected chi connectivity index (χ3v) is 4.44. The Bertz CT molecular complexity index is 873. The van der Waals surface area contributed by atoms with Crippen molar-refractivity contribution in [3.8, 4) is 0 Å². The summed E-state index contributed by atoms with van der Waals surface area (Å²) in [6.07, 6.45) is 7.55. The molecule has 8 heteroatoms. The molecule has 0 aliphatic heterocycles. The van der Waals surface area contributed by atoms with E-state index in [0.29, 0.717) is 23.4 Å². The van der Waals surface area contributed by atoms with Crippen LogP contribution in [0.15, 0.2) is 35.4 Å². The summed E-state index contributed by atoms with van der Waals surface area (Å²) < 4.78 is 0. The van der Waals surface area contributed by atoms with Crippen molar-refractivity contribution < 1.29 is 0 Å². The van der Waals surface area contributed by atoms with E-state index < -0.39 is 0 Å². The molecule has 2 heterocycles. The van der Waals surface area contributed by atoms with Crippen LogP contribution in [0.1, 0.15) is 25.7 Å². The van der Waals surface area contributed by atoms with Crippen molar-refractivity contribution in [2.45, 2.75) is 37.8 Å². The van der Waals surface area contributed by atoms with E-state index in [0.717, 1.165) is 36.9 Å². The van der Waals surface area contributed by atoms with E-state index in [1.807, 2.05) is 18.2 Å². The van der Waals surface area contributed by atoms with Gasteiger partial charge in [-0.2, -0.15) is 5.10 Å². The van der Waals surface area contributed by atoms with Gasteiger partial charge in [-0.25, -0.2) is 4.98 Å². The van der Waals surface area contributed by atoms with E-state index in [1.165, 1.54) is 0 Å². The van der Waals surface area contributed by atoms with Crippen LogP contribution in [0.3, 0.4) is 0 Å². The summed E-state index contributed by atoms with van der Waals surface area (Å²) >= 11 is 0. The Morgan fingerprint density at radius 1 is 1.08 bits per heavy atom. The molecule has 1 saturated carbocycles. The minimum atomic E-state index is -0.0880. The standard InChI is InChI=1S/C16H19N7O/c24-15-13-5-4-12(9-14(13)21-22-15)19-10-2-1-3-11(8-10)20-16-17-6-7-18-23-16/h4-7,9-11,19H,1-3,8H2,(H,17,20,23)(H2,21,22,24). The molecule has 1 fully saturated rings. The number of nitrogens with one attached hydrogen (secondary N) is 4. The second-order valence-electron chi connectivity index (χ2n) is 6.15. The van der Waals surface area contributed by atoms with Gasteiger partial charge in [0.05, 0.1) is 23.3 Å². The van der Waals surface area contributed by atoms with Gasteiger partial charge in [0, 0.05) is 17.8 Å². The van der Waals surface area contributed by atoms with Crippen molar-refractivity contribution in [3.05, 3.63) is 40.9 Å². The van der Waals surface area contributed by atoms with Crippen molar-refractivity contribution in [3.63, 3.8) is 0 Å². The van der Waals surface area contributed by atoms with Crippen molar-refractivity contribution >= 4 is 22.5 Å². The minimum absolute atomic E-state index is 0.0880. The number of nitrogens with zero attached hydrogens (tertiary/aromatic N) is 3. The summed E-state index contributed by atoms with van der Waals surface area (Å²) in [6.45, 7) is 0. The van der Waals surface area contributed by atoms with Gasteiger partial charge in [-0.15, -0.1) is 5.10 Å². The summed E-state index contributed by atoms with van der Waals surface area (Å²) in [4.78, 5) is 15.7. The lowest BCUT2D eigenvalue weighted by Gasteiger charge is -2.30. The van der Waals surface area contributed by atoms with Crippen LogP contribution in [0.5, 0.6) is 0 Å². The monoisotopic (exact) mass is 325 g/mol. The van der Waals surface area contributed by atoms with Gasteiger partial charge in [0.2, 0.25) is 5.95 Å². The number of aromatic nitrogens is 5. The predicted octanol–water partition coefficient (Wildman–Crippen LogP) is 1.88. The molecule has 2 atom stereocenters. The highest BCUT2D eigenvalue weighted by Gasteiger charge is 2.22. The van der Waals surface area contributed by atoms with Gasteiger partial charge in [0.15, 0.2) is 0 Å². The fraction of sp³-hybridized carbons (Fsp3) is 0.375. The molecule has 2 unspecified atom stereocenters. The van der Waals surface area contributed by atoms with Crippen molar-refractivity contribution in [2.24, 2.45) is 0 Å². The van der Waals surface area contributed by atoms with Gasteiger partial charge in [-0.3, -0.25) is 15.0 Å². The third kappa shape index (κ3) is 3.08. The molecule has 0 bridgehead atoms. The fourth-order valence-corrected chi connectivity index (χ4v) is 3.31. The molecule has 1 aliphatic rings. The maximum atomic E-state index is 11.6. The lowest BCUT2D eigenvalue weighted by atomic mass is 9.91. The van der Waals surface area contributed by atoms with Crippen LogP contribution in [0.25, 0.3) is 10.9 Å². The van der Waals surface area contributed by atoms with Crippen LogP contribution in [0, 0.1) is 0 Å². The second-order valence-corrected chi connectivity index (χ2v) is 6.15. The predicted molar refractivity (Wildman–Crippen MR) is 92.0 cm³/mol. The molecule has 24 heavy (non-hydrogen) atoms. The lowest BCUT2D eigenvalue weighted by Crippen LogP contribution is -2.34. The van der Waals surface area contributed by atoms with Gasteiger partial charge in [-0.05, 0) is 43.9 Å². The van der Waals surface area contributed by atoms with E-state index >= 15 is 0 Å². The number of fused-ring (bicyclic) bond motifs is 1. The molecule has 4 N–H and O–H groups in total. The molecule has 1 aromatic carbocycles. The van der Waals surface area contributed by atoms with Crippen LogP contribution in [0.2, 0.25) is 0 Å². The van der Waals surface area contributed by atoms with Gasteiger partial charge in [0.1, 0.15) is 0 Å². The fourth-order valence-electron chi connectivity index (χ4n) is 3.31. The molecule has 0 amide bonds. The Hall–Kier alpha value is -2.90. The molecule has 124 valence electrons. The van der Waals surface area contributed by atoms with E-state index in [2.05, 4.69) is 36.0 Å². The van der Waals surface area contributed by atoms with Crippen LogP contribution in [0.4, 0.5) is 11.6 Å². The number of hydrogen-bond acceptors (Lipinski definition) is 6. The van der Waals surface area contributed by atoms with Crippen LogP contribution in [-0.2, 0) is 0 Å². The minimum Gasteiger partial charge on any atom is -0.382 e. The molecule has 1 aliphatic carbocycles. The number of hydrogen-bond donors (Lipinski definition) is 4. The average Bonchev–Trinajstić information content (AvgIpc) is 2.97. The highest BCUT2D eigenvalue weighted by atomic mass is 16.1. The number of rotatable bonds is 4. The number of anilines is 2. The molecule has 3 aromatic rings. The van der Waals surface area contributed by atoms with Crippen LogP contribution >= 0.6 is 0 Å². The number of benzene rings is 1. The first-order valence-corrected chi connectivity index (χ1v) is 8.15. The normalized spacial score (nSPS) is 20.8. The maximum Gasteiger partial charge on any atom is 0.271 e. The molecule has 8 nitrogen and oxygen atoms in total. The van der Waals surface area contributed by atoms with Gasteiger partial charge >= 0.3 is 0 Å². The Labute approximate surface area is 138 Å². The zero-order chi connectivity index (χ0) is 16.4. The van der Waals surface area contributed by atoms with Gasteiger partial charge < -0.3 is 10.6 Å². The zero-order valence-electron chi connectivity index (χ0n) is 13.1. The highest BCUT2D eigenvalue weighted by Crippen LogP contribution is 2.25. The second kappa shape index (κ2) is 6.31. The van der Waals surface area contributed by atoms with E-state index in [1.54, 1.807) is 12.4 Å². The largest absolute Gasteiger partial charge is 0.382 e. The summed E-state index contributed by atoms with van der Waals surface area (Å²) in [5.41, 5.74) is 1.75. The first-order chi connectivity index (χ1) is 11.8. The van der Waals surface area contributed by atoms with Crippen LogP contribution in [-0.4, -0.2) is 37.5 Å². The molecule has 0 spiro atoms. The van der Waals surface area contributed by atoms with E-state index in [-0.39, 0.29) is 5.56 Å². The van der Waals surface area contributed by atoms with Crippen molar-refractivity contribution in [2.75, 3.05) is 10.6 Å². The number of aromatic amines is 2. The Morgan fingerprint density at radius 2 is 1.96 bits per heavy atom. The maximum absolute atomic E-state index is 11.6. The van der Waals surface area contributed by atoms with Crippen LogP contribution < -0.4 is 16.2 Å². The van der Waals surface area contributed by atoms with Crippen molar-refractivity contribution in [1.82, 2.24) is 25.4 Å². The smallest absolute Gasteiger partial charge is 0.271 e. The van der Waals surface area contributed by atoms with Gasteiger partial charge in [-0.1, -0.05) is 0 Å². The van der Waals surface area contributed by atoms with E-state index in [4.69, 9.17) is 0 Å². The summed E-state index contributed by atoms with van der Waals surface area (Å²) in [5, 5.41) is 20.9. The topological polar surface area (TPSA) is 111 Å². The zero-order valence-corrected chi connectivity index (χ0v) is 13.1. The average molecular weight is 325 g/mol. The third-order valence-electron chi connectivity index (χ3n) is 4.44. The number of H-pyrrole nitrogens is 2. The summed E-state index contributed by atoms with van der Waals surface area (Å²) in [6, 6.07) is 6.46.